The van der Waals surface area contributed by atoms with E-state index in [2.05, 4.69) is 35.9 Å². The Kier molecular flexibility index (Phi) is 1.24. The van der Waals surface area contributed by atoms with Crippen molar-refractivity contribution in [1.29, 1.82) is 0 Å². The minimum Gasteiger partial charge on any atom is -0.142 e. The van der Waals surface area contributed by atoms with E-state index in [1.54, 1.807) is 11.3 Å². The zero-order valence-electron chi connectivity index (χ0n) is 5.72. The molecule has 2 rings (SSSR count). The molecule has 0 aliphatic rings. The van der Waals surface area contributed by atoms with Crippen LogP contribution >= 0.6 is 11.3 Å². The zero-order chi connectivity index (χ0) is 6.97. The lowest BCUT2D eigenvalue weighted by atomic mass is 10.1. The van der Waals surface area contributed by atoms with Gasteiger partial charge < -0.3 is 0 Å². The van der Waals surface area contributed by atoms with Crippen molar-refractivity contribution >= 4 is 22.1 Å². The first kappa shape index (κ1) is 5.93. The Hall–Kier alpha value is -0.820. The van der Waals surface area contributed by atoms with Crippen LogP contribution in [0, 0.1) is 12.3 Å². The highest BCUT2D eigenvalue weighted by molar-refractivity contribution is 7.08. The summed E-state index contributed by atoms with van der Waals surface area (Å²) in [6, 6.07) is 6.41. The number of aryl methyl sites for hydroxylation is 1. The molecule has 0 spiro atoms. The number of thiophene rings is 1. The summed E-state index contributed by atoms with van der Waals surface area (Å²) in [5.41, 5.74) is 1.32. The maximum atomic E-state index is 3.19. The summed E-state index contributed by atoms with van der Waals surface area (Å²) in [5, 5.41) is 7.86. The average Bonchev–Trinajstić information content (AvgIpc) is 2.33. The van der Waals surface area contributed by atoms with Gasteiger partial charge >= 0.3 is 0 Å². The van der Waals surface area contributed by atoms with Crippen LogP contribution in [0.2, 0.25) is 0 Å². The highest BCUT2D eigenvalue weighted by Crippen LogP contribution is 2.18. The van der Waals surface area contributed by atoms with E-state index in [1.165, 1.54) is 16.3 Å². The van der Waals surface area contributed by atoms with Crippen molar-refractivity contribution in [1.82, 2.24) is 0 Å². The molecule has 0 unspecified atom stereocenters. The van der Waals surface area contributed by atoms with E-state index in [0.29, 0.717) is 0 Å². The number of benzene rings is 1. The molecule has 1 radical (unpaired) electrons. The summed E-state index contributed by atoms with van der Waals surface area (Å²) >= 11 is 1.64. The van der Waals surface area contributed by atoms with Crippen LogP contribution in [-0.4, -0.2) is 0 Å². The van der Waals surface area contributed by atoms with Crippen LogP contribution in [-0.2, 0) is 0 Å². The fraction of sp³-hybridized carbons (Fsp3) is 0.111. The van der Waals surface area contributed by atoms with Crippen LogP contribution in [0.15, 0.2) is 23.6 Å². The standard InChI is InChI=1S/C9H7S/c1-7-2-3-8-5-10-6-9(8)4-7/h2-4,6H,1H3. The summed E-state index contributed by atoms with van der Waals surface area (Å²) in [4.78, 5) is 0. The van der Waals surface area contributed by atoms with Gasteiger partial charge in [-0.3, -0.25) is 0 Å². The fourth-order valence-electron chi connectivity index (χ4n) is 1.03. The molecule has 2 aromatic rings. The molecule has 1 aromatic heterocycles. The normalized spacial score (nSPS) is 10.5. The molecule has 0 saturated carbocycles. The second kappa shape index (κ2) is 2.10. The molecule has 1 heteroatoms. The molecule has 1 heterocycles. The third-order valence-corrected chi connectivity index (χ3v) is 2.27. The molecule has 0 aliphatic carbocycles. The summed E-state index contributed by atoms with van der Waals surface area (Å²) in [6.45, 7) is 2.11. The summed E-state index contributed by atoms with van der Waals surface area (Å²) < 4.78 is 0. The van der Waals surface area contributed by atoms with E-state index in [4.69, 9.17) is 0 Å². The maximum absolute atomic E-state index is 3.19. The summed E-state index contributed by atoms with van der Waals surface area (Å²) in [6.07, 6.45) is 0. The molecule has 0 saturated heterocycles. The van der Waals surface area contributed by atoms with Gasteiger partial charge in [0.1, 0.15) is 0 Å². The first-order chi connectivity index (χ1) is 4.86. The molecule has 0 atom stereocenters. The van der Waals surface area contributed by atoms with Crippen LogP contribution in [0.3, 0.4) is 0 Å². The lowest BCUT2D eigenvalue weighted by Gasteiger charge is -1.89. The van der Waals surface area contributed by atoms with Gasteiger partial charge in [-0.05, 0) is 17.7 Å². The third-order valence-electron chi connectivity index (χ3n) is 1.56. The number of fused-ring (bicyclic) bond motifs is 1. The minimum atomic E-state index is 1.23. The number of hydrogen-bond acceptors (Lipinski definition) is 1. The maximum Gasteiger partial charge on any atom is 0.0527 e. The van der Waals surface area contributed by atoms with Gasteiger partial charge in [-0.15, -0.1) is 11.3 Å². The molecular formula is C9H7S. The van der Waals surface area contributed by atoms with E-state index in [-0.39, 0.29) is 0 Å². The van der Waals surface area contributed by atoms with Crippen molar-refractivity contribution in [3.05, 3.63) is 34.5 Å². The van der Waals surface area contributed by atoms with Gasteiger partial charge in [0.25, 0.3) is 0 Å². The highest BCUT2D eigenvalue weighted by atomic mass is 32.1. The Bertz CT molecular complexity index is 346. The van der Waals surface area contributed by atoms with Gasteiger partial charge in [0.05, 0.1) is 5.38 Å². The molecule has 49 valence electrons. The van der Waals surface area contributed by atoms with Crippen molar-refractivity contribution in [2.75, 3.05) is 0 Å². The topological polar surface area (TPSA) is 0 Å². The Morgan fingerprint density at radius 1 is 1.40 bits per heavy atom. The Morgan fingerprint density at radius 2 is 2.30 bits per heavy atom. The molecule has 0 amide bonds. The number of hydrogen-bond donors (Lipinski definition) is 0. The lowest BCUT2D eigenvalue weighted by molar-refractivity contribution is 1.51. The Morgan fingerprint density at radius 3 is 3.20 bits per heavy atom. The van der Waals surface area contributed by atoms with Crippen LogP contribution < -0.4 is 0 Å². The van der Waals surface area contributed by atoms with Crippen molar-refractivity contribution < 1.29 is 0 Å². The highest BCUT2D eigenvalue weighted by Gasteiger charge is 1.92. The van der Waals surface area contributed by atoms with Crippen molar-refractivity contribution in [3.8, 4) is 0 Å². The molecule has 0 N–H and O–H groups in total. The van der Waals surface area contributed by atoms with E-state index >= 15 is 0 Å². The molecule has 0 fully saturated rings. The molecular weight excluding hydrogens is 140 g/mol. The van der Waals surface area contributed by atoms with Crippen LogP contribution in [0.4, 0.5) is 0 Å². The lowest BCUT2D eigenvalue weighted by Crippen LogP contribution is -1.67. The summed E-state index contributed by atoms with van der Waals surface area (Å²) in [7, 11) is 0. The molecule has 0 aliphatic heterocycles. The first-order valence-corrected chi connectivity index (χ1v) is 4.10. The monoisotopic (exact) mass is 147 g/mol. The van der Waals surface area contributed by atoms with Gasteiger partial charge in [0.2, 0.25) is 0 Å². The fourth-order valence-corrected chi connectivity index (χ4v) is 1.72. The van der Waals surface area contributed by atoms with Gasteiger partial charge in [-0.1, -0.05) is 23.8 Å². The van der Waals surface area contributed by atoms with Gasteiger partial charge in [-0.25, -0.2) is 0 Å². The second-order valence-electron chi connectivity index (χ2n) is 2.43. The zero-order valence-corrected chi connectivity index (χ0v) is 6.53. The van der Waals surface area contributed by atoms with Crippen molar-refractivity contribution in [2.24, 2.45) is 0 Å². The minimum absolute atomic E-state index is 1.23. The quantitative estimate of drug-likeness (QED) is 0.537. The number of rotatable bonds is 0. The predicted molar refractivity (Wildman–Crippen MR) is 45.4 cm³/mol. The van der Waals surface area contributed by atoms with Gasteiger partial charge in [0.15, 0.2) is 0 Å². The Balaban J connectivity index is 2.86. The SMILES string of the molecule is Cc1ccc2[c]scc2c1. The van der Waals surface area contributed by atoms with E-state index < -0.39 is 0 Å². The van der Waals surface area contributed by atoms with E-state index in [9.17, 15) is 0 Å². The third kappa shape index (κ3) is 0.830. The first-order valence-electron chi connectivity index (χ1n) is 3.22. The van der Waals surface area contributed by atoms with Gasteiger partial charge in [0, 0.05) is 5.39 Å². The van der Waals surface area contributed by atoms with Gasteiger partial charge in [-0.2, -0.15) is 0 Å². The van der Waals surface area contributed by atoms with Crippen LogP contribution in [0.5, 0.6) is 0 Å². The van der Waals surface area contributed by atoms with E-state index in [1.807, 2.05) is 0 Å². The van der Waals surface area contributed by atoms with Crippen molar-refractivity contribution in [3.63, 3.8) is 0 Å². The summed E-state index contributed by atoms with van der Waals surface area (Å²) in [5.74, 6) is 0. The largest absolute Gasteiger partial charge is 0.142 e. The van der Waals surface area contributed by atoms with E-state index in [0.717, 1.165) is 0 Å². The van der Waals surface area contributed by atoms with Crippen molar-refractivity contribution in [2.45, 2.75) is 6.92 Å². The van der Waals surface area contributed by atoms with Crippen LogP contribution in [0.1, 0.15) is 5.56 Å². The Labute approximate surface area is 64.1 Å². The average molecular weight is 147 g/mol. The molecule has 0 bridgehead atoms. The molecule has 10 heavy (non-hydrogen) atoms. The smallest absolute Gasteiger partial charge is 0.0527 e. The molecule has 0 nitrogen and oxygen atoms in total. The van der Waals surface area contributed by atoms with Crippen LogP contribution in [0.25, 0.3) is 10.8 Å². The molecule has 1 aromatic carbocycles. The predicted octanol–water partition coefficient (Wildman–Crippen LogP) is 3.01. The second-order valence-corrected chi connectivity index (χ2v) is 3.10.